The van der Waals surface area contributed by atoms with Crippen molar-refractivity contribution in [1.82, 2.24) is 4.98 Å². The fourth-order valence-corrected chi connectivity index (χ4v) is 2.95. The second kappa shape index (κ2) is 4.74. The molecule has 2 aromatic carbocycles. The van der Waals surface area contributed by atoms with Crippen molar-refractivity contribution in [2.24, 2.45) is 5.14 Å². The average molecular weight is 297 g/mol. The quantitative estimate of drug-likeness (QED) is 0.759. The Labute approximate surface area is 121 Å². The van der Waals surface area contributed by atoms with Crippen LogP contribution in [0.5, 0.6) is 0 Å². The van der Waals surface area contributed by atoms with Crippen molar-refractivity contribution in [3.05, 3.63) is 54.2 Å². The molecule has 0 aliphatic carbocycles. The van der Waals surface area contributed by atoms with Gasteiger partial charge < -0.3 is 4.98 Å². The number of primary sulfonamides is 1. The monoisotopic (exact) mass is 297 g/mol. The lowest BCUT2D eigenvalue weighted by molar-refractivity contribution is 0.598. The molecule has 0 aliphatic heterocycles. The van der Waals surface area contributed by atoms with E-state index in [2.05, 4.69) is 11.1 Å². The number of nitrogens with one attached hydrogen (secondary N) is 1. The molecular formula is C15H11N3O2S. The van der Waals surface area contributed by atoms with Crippen LogP contribution in [0.4, 0.5) is 0 Å². The van der Waals surface area contributed by atoms with E-state index in [-0.39, 0.29) is 4.90 Å². The summed E-state index contributed by atoms with van der Waals surface area (Å²) in [5.74, 6) is 0. The summed E-state index contributed by atoms with van der Waals surface area (Å²) in [6, 6.07) is 14.6. The van der Waals surface area contributed by atoms with E-state index in [1.54, 1.807) is 24.3 Å². The normalized spacial score (nSPS) is 11.4. The molecule has 0 radical (unpaired) electrons. The SMILES string of the molecule is N#Cc1ccc(-c2ccc3[nH]cc(S(N)(=O)=O)c3c2)cc1. The molecule has 0 saturated carbocycles. The highest BCUT2D eigenvalue weighted by Crippen LogP contribution is 2.28. The standard InChI is InChI=1S/C15H11N3O2S/c16-8-10-1-3-11(4-2-10)12-5-6-14-13(7-12)15(9-18-14)21(17,19)20/h1-7,9,18H,(H2,17,19,20). The van der Waals surface area contributed by atoms with Gasteiger partial charge in [0.1, 0.15) is 4.90 Å². The Morgan fingerprint density at radius 1 is 1.05 bits per heavy atom. The highest BCUT2D eigenvalue weighted by molar-refractivity contribution is 7.89. The maximum absolute atomic E-state index is 11.6. The molecule has 0 spiro atoms. The lowest BCUT2D eigenvalue weighted by Gasteiger charge is -2.03. The zero-order chi connectivity index (χ0) is 15.0. The Bertz CT molecular complexity index is 964. The molecule has 0 amide bonds. The van der Waals surface area contributed by atoms with Gasteiger partial charge in [-0.3, -0.25) is 0 Å². The van der Waals surface area contributed by atoms with Gasteiger partial charge in [-0.2, -0.15) is 5.26 Å². The number of aromatic nitrogens is 1. The number of nitrogens with two attached hydrogens (primary N) is 1. The van der Waals surface area contributed by atoms with E-state index in [0.717, 1.165) is 11.1 Å². The summed E-state index contributed by atoms with van der Waals surface area (Å²) in [7, 11) is -3.77. The number of fused-ring (bicyclic) bond motifs is 1. The van der Waals surface area contributed by atoms with E-state index in [1.165, 1.54) is 6.20 Å². The fourth-order valence-electron chi connectivity index (χ4n) is 2.25. The summed E-state index contributed by atoms with van der Waals surface area (Å²) in [5.41, 5.74) is 3.04. The van der Waals surface area contributed by atoms with Gasteiger partial charge in [0, 0.05) is 17.1 Å². The first-order valence-corrected chi connectivity index (χ1v) is 7.68. The minimum absolute atomic E-state index is 0.0768. The molecule has 0 aliphatic rings. The Morgan fingerprint density at radius 3 is 2.33 bits per heavy atom. The van der Waals surface area contributed by atoms with Gasteiger partial charge in [0.15, 0.2) is 0 Å². The fraction of sp³-hybridized carbons (Fsp3) is 0. The van der Waals surface area contributed by atoms with Crippen LogP contribution in [0.2, 0.25) is 0 Å². The summed E-state index contributed by atoms with van der Waals surface area (Å²) in [4.78, 5) is 2.97. The van der Waals surface area contributed by atoms with Crippen molar-refractivity contribution in [3.63, 3.8) is 0 Å². The van der Waals surface area contributed by atoms with Crippen molar-refractivity contribution in [2.75, 3.05) is 0 Å². The van der Waals surface area contributed by atoms with Crippen LogP contribution in [0, 0.1) is 11.3 Å². The topological polar surface area (TPSA) is 99.7 Å². The van der Waals surface area contributed by atoms with Crippen LogP contribution in [-0.2, 0) is 10.0 Å². The van der Waals surface area contributed by atoms with Crippen molar-refractivity contribution in [3.8, 4) is 17.2 Å². The van der Waals surface area contributed by atoms with Crippen LogP contribution in [0.3, 0.4) is 0 Å². The second-order valence-corrected chi connectivity index (χ2v) is 6.18. The Kier molecular flexibility index (Phi) is 3.01. The lowest BCUT2D eigenvalue weighted by Crippen LogP contribution is -2.11. The summed E-state index contributed by atoms with van der Waals surface area (Å²) < 4.78 is 23.1. The van der Waals surface area contributed by atoms with Gasteiger partial charge in [0.05, 0.1) is 11.6 Å². The Morgan fingerprint density at radius 2 is 1.71 bits per heavy atom. The predicted octanol–water partition coefficient (Wildman–Crippen LogP) is 2.35. The van der Waals surface area contributed by atoms with E-state index in [0.29, 0.717) is 16.5 Å². The first kappa shape index (κ1) is 13.4. The molecule has 5 nitrogen and oxygen atoms in total. The zero-order valence-corrected chi connectivity index (χ0v) is 11.7. The van der Waals surface area contributed by atoms with Crippen LogP contribution in [0.1, 0.15) is 5.56 Å². The van der Waals surface area contributed by atoms with Crippen LogP contribution < -0.4 is 5.14 Å². The van der Waals surface area contributed by atoms with E-state index in [4.69, 9.17) is 10.4 Å². The van der Waals surface area contributed by atoms with Crippen molar-refractivity contribution < 1.29 is 8.42 Å². The summed E-state index contributed by atoms with van der Waals surface area (Å²) in [6.07, 6.45) is 1.39. The minimum atomic E-state index is -3.77. The van der Waals surface area contributed by atoms with Crippen molar-refractivity contribution in [1.29, 1.82) is 5.26 Å². The van der Waals surface area contributed by atoms with Gasteiger partial charge in [-0.25, -0.2) is 13.6 Å². The van der Waals surface area contributed by atoms with Gasteiger partial charge in [-0.15, -0.1) is 0 Å². The minimum Gasteiger partial charge on any atom is -0.360 e. The van der Waals surface area contributed by atoms with Gasteiger partial charge in [0.25, 0.3) is 0 Å². The number of H-pyrrole nitrogens is 1. The molecule has 0 atom stereocenters. The van der Waals surface area contributed by atoms with Crippen molar-refractivity contribution >= 4 is 20.9 Å². The molecule has 6 heteroatoms. The summed E-state index contributed by atoms with van der Waals surface area (Å²) in [6.45, 7) is 0. The third-order valence-corrected chi connectivity index (χ3v) is 4.25. The third-order valence-electron chi connectivity index (χ3n) is 3.30. The maximum Gasteiger partial charge on any atom is 0.240 e. The lowest BCUT2D eigenvalue weighted by atomic mass is 10.0. The predicted molar refractivity (Wildman–Crippen MR) is 79.8 cm³/mol. The number of rotatable bonds is 2. The molecule has 0 fully saturated rings. The molecular weight excluding hydrogens is 286 g/mol. The van der Waals surface area contributed by atoms with Gasteiger partial charge in [-0.05, 0) is 35.4 Å². The van der Waals surface area contributed by atoms with E-state index >= 15 is 0 Å². The Hall–Kier alpha value is -2.62. The largest absolute Gasteiger partial charge is 0.360 e. The number of hydrogen-bond acceptors (Lipinski definition) is 3. The van der Waals surface area contributed by atoms with Gasteiger partial charge in [-0.1, -0.05) is 18.2 Å². The summed E-state index contributed by atoms with van der Waals surface area (Å²) >= 11 is 0. The molecule has 0 saturated heterocycles. The number of nitrogens with zero attached hydrogens (tertiary/aromatic N) is 1. The molecule has 0 bridgehead atoms. The highest BCUT2D eigenvalue weighted by atomic mass is 32.2. The number of sulfonamides is 1. The molecule has 21 heavy (non-hydrogen) atoms. The highest BCUT2D eigenvalue weighted by Gasteiger charge is 2.14. The van der Waals surface area contributed by atoms with Crippen LogP contribution in [0.15, 0.2) is 53.6 Å². The first-order chi connectivity index (χ1) is 9.99. The van der Waals surface area contributed by atoms with E-state index in [1.807, 2.05) is 18.2 Å². The van der Waals surface area contributed by atoms with Gasteiger partial charge >= 0.3 is 0 Å². The number of aromatic amines is 1. The van der Waals surface area contributed by atoms with E-state index in [9.17, 15) is 8.42 Å². The number of nitriles is 1. The molecule has 3 aromatic rings. The maximum atomic E-state index is 11.6. The number of hydrogen-bond donors (Lipinski definition) is 2. The zero-order valence-electron chi connectivity index (χ0n) is 10.9. The van der Waals surface area contributed by atoms with Crippen LogP contribution in [0.25, 0.3) is 22.0 Å². The molecule has 1 aromatic heterocycles. The average Bonchev–Trinajstić information content (AvgIpc) is 2.90. The smallest absolute Gasteiger partial charge is 0.240 e. The van der Waals surface area contributed by atoms with Crippen molar-refractivity contribution in [2.45, 2.75) is 4.90 Å². The Balaban J connectivity index is 2.18. The molecule has 104 valence electrons. The summed E-state index contributed by atoms with van der Waals surface area (Å²) in [5, 5.41) is 14.6. The first-order valence-electron chi connectivity index (χ1n) is 6.13. The molecule has 1 heterocycles. The number of benzene rings is 2. The van der Waals surface area contributed by atoms with Crippen LogP contribution in [-0.4, -0.2) is 13.4 Å². The second-order valence-electron chi connectivity index (χ2n) is 4.65. The third kappa shape index (κ3) is 2.40. The molecule has 3 rings (SSSR count). The molecule has 0 unspecified atom stereocenters. The molecule has 3 N–H and O–H groups in total. The van der Waals surface area contributed by atoms with Crippen LogP contribution >= 0.6 is 0 Å². The van der Waals surface area contributed by atoms with E-state index < -0.39 is 10.0 Å². The van der Waals surface area contributed by atoms with Gasteiger partial charge in [0.2, 0.25) is 10.0 Å².